The highest BCUT2D eigenvalue weighted by Gasteiger charge is 2.38. The average Bonchev–Trinajstić information content (AvgIpc) is 2.67. The monoisotopic (exact) mass is 460 g/mol. The van der Waals surface area contributed by atoms with Crippen LogP contribution in [0, 0.1) is 0 Å². The first-order chi connectivity index (χ1) is 14.2. The van der Waals surface area contributed by atoms with E-state index < -0.39 is 24.3 Å². The number of aliphatic carboxylic acids is 2. The molecule has 0 aromatic heterocycles. The number of carbonyl (C=O) groups is 2. The Kier molecular flexibility index (Phi) is 12.8. The van der Waals surface area contributed by atoms with Gasteiger partial charge in [-0.2, -0.15) is 26.3 Å². The Balaban J connectivity index is 0.000000536. The van der Waals surface area contributed by atoms with E-state index in [1.165, 1.54) is 57.3 Å². The number of unbranched alkanes of at least 4 members (excludes halogenated alkanes) is 1. The van der Waals surface area contributed by atoms with Crippen molar-refractivity contribution in [3.8, 4) is 0 Å². The molecule has 31 heavy (non-hydrogen) atoms. The van der Waals surface area contributed by atoms with Gasteiger partial charge in [0, 0.05) is 6.04 Å². The minimum atomic E-state index is -5.08. The van der Waals surface area contributed by atoms with Gasteiger partial charge in [-0.1, -0.05) is 30.3 Å². The van der Waals surface area contributed by atoms with E-state index in [0.717, 1.165) is 0 Å². The van der Waals surface area contributed by atoms with E-state index >= 15 is 0 Å². The molecule has 0 amide bonds. The number of halogens is 6. The van der Waals surface area contributed by atoms with Crippen LogP contribution in [0.4, 0.5) is 26.3 Å². The summed E-state index contributed by atoms with van der Waals surface area (Å²) in [5, 5.41) is 14.2. The zero-order valence-corrected chi connectivity index (χ0v) is 16.6. The number of nitrogens with zero attached hydrogens (tertiary/aromatic N) is 1. The van der Waals surface area contributed by atoms with E-state index in [1.54, 1.807) is 0 Å². The van der Waals surface area contributed by atoms with Crippen LogP contribution in [0.2, 0.25) is 0 Å². The van der Waals surface area contributed by atoms with Crippen LogP contribution in [0.5, 0.6) is 0 Å². The standard InChI is InChI=1S/C15H24N2.2C2HF3O2/c16-15-9-12-17(13-10-15)11-5-4-8-14-6-2-1-3-7-14;2*3-2(4,5)1(6)7/h1-3,6-7,15H,4-5,8-13,16H2;2*(H,6,7). The van der Waals surface area contributed by atoms with Gasteiger partial charge in [0.2, 0.25) is 0 Å². The van der Waals surface area contributed by atoms with E-state index in [2.05, 4.69) is 35.2 Å². The van der Waals surface area contributed by atoms with Crippen molar-refractivity contribution in [2.45, 2.75) is 50.5 Å². The van der Waals surface area contributed by atoms with Gasteiger partial charge in [-0.25, -0.2) is 9.59 Å². The lowest BCUT2D eigenvalue weighted by molar-refractivity contribution is -0.193. The van der Waals surface area contributed by atoms with Gasteiger partial charge < -0.3 is 20.8 Å². The van der Waals surface area contributed by atoms with Gasteiger partial charge in [0.25, 0.3) is 0 Å². The second-order valence-corrected chi connectivity index (χ2v) is 6.73. The fourth-order valence-electron chi connectivity index (χ4n) is 2.49. The number of piperidine rings is 1. The molecule has 0 bridgehead atoms. The number of benzene rings is 1. The zero-order valence-electron chi connectivity index (χ0n) is 16.6. The highest BCUT2D eigenvalue weighted by atomic mass is 19.4. The molecule has 0 unspecified atom stereocenters. The minimum absolute atomic E-state index is 0.454. The summed E-state index contributed by atoms with van der Waals surface area (Å²) < 4.78 is 63.5. The molecule has 4 N–H and O–H groups in total. The van der Waals surface area contributed by atoms with Crippen LogP contribution >= 0.6 is 0 Å². The maximum absolute atomic E-state index is 10.6. The molecule has 12 heteroatoms. The number of carboxylic acids is 2. The van der Waals surface area contributed by atoms with Crippen molar-refractivity contribution in [2.24, 2.45) is 5.73 Å². The van der Waals surface area contributed by atoms with Gasteiger partial charge in [0.15, 0.2) is 0 Å². The lowest BCUT2D eigenvalue weighted by atomic mass is 10.0. The molecule has 0 aliphatic carbocycles. The van der Waals surface area contributed by atoms with Gasteiger partial charge in [-0.15, -0.1) is 0 Å². The Hall–Kier alpha value is -2.34. The van der Waals surface area contributed by atoms with Crippen molar-refractivity contribution in [3.05, 3.63) is 35.9 Å². The summed E-state index contributed by atoms with van der Waals surface area (Å²) in [5.74, 6) is -5.51. The summed E-state index contributed by atoms with van der Waals surface area (Å²) in [4.78, 5) is 20.4. The zero-order chi connectivity index (χ0) is 24.1. The summed E-state index contributed by atoms with van der Waals surface area (Å²) >= 11 is 0. The molecule has 1 heterocycles. The summed E-state index contributed by atoms with van der Waals surface area (Å²) in [6, 6.07) is 11.2. The molecule has 1 fully saturated rings. The molecule has 2 rings (SSSR count). The van der Waals surface area contributed by atoms with Crippen LogP contribution in [0.1, 0.15) is 31.2 Å². The highest BCUT2D eigenvalue weighted by Crippen LogP contribution is 2.14. The molecule has 0 saturated carbocycles. The van der Waals surface area contributed by atoms with Gasteiger partial charge >= 0.3 is 24.3 Å². The first-order valence-electron chi connectivity index (χ1n) is 9.35. The summed E-state index contributed by atoms with van der Waals surface area (Å²) in [7, 11) is 0. The summed E-state index contributed by atoms with van der Waals surface area (Å²) in [6.45, 7) is 3.65. The van der Waals surface area contributed by atoms with Crippen LogP contribution in [-0.2, 0) is 16.0 Å². The maximum Gasteiger partial charge on any atom is 0.490 e. The Morgan fingerprint density at radius 2 is 1.32 bits per heavy atom. The summed E-state index contributed by atoms with van der Waals surface area (Å²) in [6.07, 6.45) is -3.98. The smallest absolute Gasteiger partial charge is 0.475 e. The number of hydrogen-bond acceptors (Lipinski definition) is 4. The fourth-order valence-corrected chi connectivity index (χ4v) is 2.49. The Labute approximate surface area is 175 Å². The third kappa shape index (κ3) is 15.2. The van der Waals surface area contributed by atoms with Crippen molar-refractivity contribution in [1.29, 1.82) is 0 Å². The van der Waals surface area contributed by atoms with Crippen molar-refractivity contribution >= 4 is 11.9 Å². The molecule has 0 spiro atoms. The van der Waals surface area contributed by atoms with Crippen LogP contribution in [0.25, 0.3) is 0 Å². The Bertz CT molecular complexity index is 621. The van der Waals surface area contributed by atoms with Crippen molar-refractivity contribution in [2.75, 3.05) is 19.6 Å². The van der Waals surface area contributed by atoms with E-state index in [4.69, 9.17) is 25.5 Å². The van der Waals surface area contributed by atoms with E-state index in [0.29, 0.717) is 6.04 Å². The average molecular weight is 460 g/mol. The molecule has 1 aliphatic heterocycles. The molecule has 0 radical (unpaired) electrons. The lowest BCUT2D eigenvalue weighted by Crippen LogP contribution is -2.40. The van der Waals surface area contributed by atoms with Gasteiger partial charge in [0.05, 0.1) is 0 Å². The number of nitrogens with two attached hydrogens (primary N) is 1. The molecule has 1 aromatic rings. The third-order valence-corrected chi connectivity index (χ3v) is 4.15. The molecular formula is C19H26F6N2O4. The topological polar surface area (TPSA) is 104 Å². The van der Waals surface area contributed by atoms with E-state index in [1.807, 2.05) is 0 Å². The Morgan fingerprint density at radius 3 is 1.71 bits per heavy atom. The Morgan fingerprint density at radius 1 is 0.903 bits per heavy atom. The number of carboxylic acid groups (broad SMARTS) is 2. The number of hydrogen-bond donors (Lipinski definition) is 3. The third-order valence-electron chi connectivity index (χ3n) is 4.15. The van der Waals surface area contributed by atoms with Gasteiger partial charge in [0.1, 0.15) is 0 Å². The number of aryl methyl sites for hydroxylation is 1. The van der Waals surface area contributed by atoms with Gasteiger partial charge in [-0.05, 0) is 57.3 Å². The first kappa shape index (κ1) is 28.7. The quantitative estimate of drug-likeness (QED) is 0.457. The second-order valence-electron chi connectivity index (χ2n) is 6.73. The van der Waals surface area contributed by atoms with Crippen LogP contribution < -0.4 is 5.73 Å². The van der Waals surface area contributed by atoms with Crippen LogP contribution in [-0.4, -0.2) is 65.1 Å². The molecule has 6 nitrogen and oxygen atoms in total. The maximum atomic E-state index is 10.6. The van der Waals surface area contributed by atoms with E-state index in [-0.39, 0.29) is 0 Å². The molecule has 1 aliphatic rings. The molecule has 178 valence electrons. The fraction of sp³-hybridized carbons (Fsp3) is 0.579. The van der Waals surface area contributed by atoms with Crippen LogP contribution in [0.15, 0.2) is 30.3 Å². The second kappa shape index (κ2) is 13.9. The molecule has 1 aromatic carbocycles. The van der Waals surface area contributed by atoms with Crippen molar-refractivity contribution in [1.82, 2.24) is 4.90 Å². The number of rotatable bonds is 5. The normalized spacial score (nSPS) is 15.2. The summed E-state index contributed by atoms with van der Waals surface area (Å²) in [5.41, 5.74) is 7.37. The number of likely N-dealkylation sites (tertiary alicyclic amines) is 1. The van der Waals surface area contributed by atoms with Crippen LogP contribution in [0.3, 0.4) is 0 Å². The SMILES string of the molecule is NC1CCN(CCCCc2ccccc2)CC1.O=C(O)C(F)(F)F.O=C(O)C(F)(F)F. The largest absolute Gasteiger partial charge is 0.490 e. The molecule has 0 atom stereocenters. The lowest BCUT2D eigenvalue weighted by Gasteiger charge is -2.29. The predicted octanol–water partition coefficient (Wildman–Crippen LogP) is 3.70. The highest BCUT2D eigenvalue weighted by molar-refractivity contribution is 5.73. The van der Waals surface area contributed by atoms with Gasteiger partial charge in [-0.3, -0.25) is 0 Å². The minimum Gasteiger partial charge on any atom is -0.475 e. The van der Waals surface area contributed by atoms with E-state index in [9.17, 15) is 26.3 Å². The molecule has 1 saturated heterocycles. The number of alkyl halides is 6. The first-order valence-corrected chi connectivity index (χ1v) is 9.35. The van der Waals surface area contributed by atoms with Crippen molar-refractivity contribution in [3.63, 3.8) is 0 Å². The van der Waals surface area contributed by atoms with Crippen molar-refractivity contribution < 1.29 is 46.1 Å². The predicted molar refractivity (Wildman–Crippen MR) is 100 cm³/mol. The molecular weight excluding hydrogens is 434 g/mol.